The second-order valence-corrected chi connectivity index (χ2v) is 9.57. The first-order valence-corrected chi connectivity index (χ1v) is 10.5. The maximum atomic E-state index is 12.9. The summed E-state index contributed by atoms with van der Waals surface area (Å²) in [6, 6.07) is 8.28. The second kappa shape index (κ2) is 8.30. The normalized spacial score (nSPS) is 16.8. The van der Waals surface area contributed by atoms with Crippen molar-refractivity contribution in [3.63, 3.8) is 0 Å². The van der Waals surface area contributed by atoms with E-state index in [1.807, 2.05) is 12.1 Å². The largest absolute Gasteiger partial charge is 0.339 e. The topological polar surface area (TPSA) is 40.6 Å². The number of likely N-dealkylation sites (N-methyl/N-ethyl adjacent to an activating group) is 1. The SMILES string of the molecule is CN(Cc1ccc(Br)s1)C(=O)C1CCCN1C(=O)c1cc(Cl)ccc1Cl. The summed E-state index contributed by atoms with van der Waals surface area (Å²) in [4.78, 5) is 30.2. The van der Waals surface area contributed by atoms with Crippen molar-refractivity contribution >= 4 is 62.3 Å². The summed E-state index contributed by atoms with van der Waals surface area (Å²) < 4.78 is 1.03. The van der Waals surface area contributed by atoms with E-state index in [0.29, 0.717) is 35.1 Å². The molecule has 3 rings (SSSR count). The standard InChI is InChI=1S/C18H17BrCl2N2O2S/c1-22(10-12-5-7-16(19)26-12)18(25)15-3-2-8-23(15)17(24)13-9-11(20)4-6-14(13)21/h4-7,9,15H,2-3,8,10H2,1H3. The molecule has 0 spiro atoms. The highest BCUT2D eigenvalue weighted by molar-refractivity contribution is 9.11. The van der Waals surface area contributed by atoms with Crippen molar-refractivity contribution < 1.29 is 9.59 Å². The van der Waals surface area contributed by atoms with Gasteiger partial charge in [0.25, 0.3) is 5.91 Å². The summed E-state index contributed by atoms with van der Waals surface area (Å²) >= 11 is 17.2. The number of amides is 2. The van der Waals surface area contributed by atoms with Gasteiger partial charge in [-0.25, -0.2) is 0 Å². The fourth-order valence-corrected chi connectivity index (χ4v) is 4.99. The zero-order valence-corrected chi connectivity index (χ0v) is 18.0. The van der Waals surface area contributed by atoms with E-state index < -0.39 is 6.04 Å². The van der Waals surface area contributed by atoms with Crippen LogP contribution in [0.5, 0.6) is 0 Å². The third-order valence-electron chi connectivity index (χ3n) is 4.36. The summed E-state index contributed by atoms with van der Waals surface area (Å²) in [6.07, 6.45) is 1.44. The van der Waals surface area contributed by atoms with Gasteiger partial charge in [0.15, 0.2) is 0 Å². The van der Waals surface area contributed by atoms with Crippen LogP contribution in [0.25, 0.3) is 0 Å². The number of rotatable bonds is 4. The molecule has 1 aliphatic rings. The number of hydrogen-bond donors (Lipinski definition) is 0. The van der Waals surface area contributed by atoms with Gasteiger partial charge in [-0.2, -0.15) is 0 Å². The van der Waals surface area contributed by atoms with E-state index in [2.05, 4.69) is 15.9 Å². The van der Waals surface area contributed by atoms with Crippen LogP contribution in [0.1, 0.15) is 28.1 Å². The highest BCUT2D eigenvalue weighted by Gasteiger charge is 2.36. The van der Waals surface area contributed by atoms with Gasteiger partial charge in [-0.3, -0.25) is 9.59 Å². The van der Waals surface area contributed by atoms with E-state index in [4.69, 9.17) is 23.2 Å². The third-order valence-corrected chi connectivity index (χ3v) is 6.53. The number of nitrogens with zero attached hydrogens (tertiary/aromatic N) is 2. The predicted molar refractivity (Wildman–Crippen MR) is 109 cm³/mol. The number of thiophene rings is 1. The maximum Gasteiger partial charge on any atom is 0.256 e. The lowest BCUT2D eigenvalue weighted by atomic mass is 10.1. The van der Waals surface area contributed by atoms with Crippen LogP contribution in [0, 0.1) is 0 Å². The molecule has 0 aliphatic carbocycles. The van der Waals surface area contributed by atoms with Crippen molar-refractivity contribution in [2.45, 2.75) is 25.4 Å². The number of benzene rings is 1. The molecule has 4 nitrogen and oxygen atoms in total. The molecule has 0 saturated carbocycles. The lowest BCUT2D eigenvalue weighted by molar-refractivity contribution is -0.134. The average molecular weight is 476 g/mol. The lowest BCUT2D eigenvalue weighted by Gasteiger charge is -2.28. The summed E-state index contributed by atoms with van der Waals surface area (Å²) in [7, 11) is 1.77. The van der Waals surface area contributed by atoms with Crippen molar-refractivity contribution in [2.24, 2.45) is 0 Å². The minimum atomic E-state index is -0.467. The summed E-state index contributed by atoms with van der Waals surface area (Å²) in [5.74, 6) is -0.306. The molecule has 1 saturated heterocycles. The lowest BCUT2D eigenvalue weighted by Crippen LogP contribution is -2.46. The van der Waals surface area contributed by atoms with Gasteiger partial charge in [0.2, 0.25) is 5.91 Å². The smallest absolute Gasteiger partial charge is 0.256 e. The predicted octanol–water partition coefficient (Wildman–Crippen LogP) is 5.08. The first-order chi connectivity index (χ1) is 12.4. The van der Waals surface area contributed by atoms with Gasteiger partial charge in [0.1, 0.15) is 6.04 Å². The molecule has 8 heteroatoms. The Morgan fingerprint density at radius 1 is 1.31 bits per heavy atom. The Morgan fingerprint density at radius 2 is 2.08 bits per heavy atom. The molecule has 1 aliphatic heterocycles. The van der Waals surface area contributed by atoms with E-state index in [9.17, 15) is 9.59 Å². The van der Waals surface area contributed by atoms with Crippen molar-refractivity contribution in [2.75, 3.05) is 13.6 Å². The molecule has 2 heterocycles. The molecule has 0 radical (unpaired) electrons. The maximum absolute atomic E-state index is 12.9. The molecule has 138 valence electrons. The van der Waals surface area contributed by atoms with Crippen LogP contribution in [0.2, 0.25) is 10.0 Å². The Labute approximate surface area is 174 Å². The average Bonchev–Trinajstić information content (AvgIpc) is 3.24. The van der Waals surface area contributed by atoms with Crippen LogP contribution in [-0.4, -0.2) is 41.2 Å². The minimum absolute atomic E-state index is 0.0569. The quantitative estimate of drug-likeness (QED) is 0.618. The molecular formula is C18H17BrCl2N2O2S. The fourth-order valence-electron chi connectivity index (χ4n) is 3.09. The van der Waals surface area contributed by atoms with Gasteiger partial charge >= 0.3 is 0 Å². The molecule has 2 aromatic rings. The first-order valence-electron chi connectivity index (χ1n) is 8.12. The highest BCUT2D eigenvalue weighted by atomic mass is 79.9. The minimum Gasteiger partial charge on any atom is -0.339 e. The van der Waals surface area contributed by atoms with Gasteiger partial charge < -0.3 is 9.80 Å². The molecule has 1 fully saturated rings. The Bertz CT molecular complexity index is 842. The van der Waals surface area contributed by atoms with E-state index in [-0.39, 0.29) is 11.8 Å². The molecule has 0 bridgehead atoms. The Kier molecular flexibility index (Phi) is 6.28. The van der Waals surface area contributed by atoms with Gasteiger partial charge in [0, 0.05) is 23.5 Å². The number of hydrogen-bond acceptors (Lipinski definition) is 3. The Hall–Kier alpha value is -1.08. The van der Waals surface area contributed by atoms with Crippen LogP contribution in [0.3, 0.4) is 0 Å². The monoisotopic (exact) mass is 474 g/mol. The molecule has 0 N–H and O–H groups in total. The number of carbonyl (C=O) groups is 2. The van der Waals surface area contributed by atoms with Gasteiger partial charge in [-0.1, -0.05) is 23.2 Å². The fraction of sp³-hybridized carbons (Fsp3) is 0.333. The van der Waals surface area contributed by atoms with E-state index in [1.165, 1.54) is 0 Å². The van der Waals surface area contributed by atoms with E-state index in [1.54, 1.807) is 46.4 Å². The van der Waals surface area contributed by atoms with Gasteiger partial charge in [-0.05, 0) is 59.1 Å². The second-order valence-electron chi connectivity index (χ2n) is 6.18. The molecular weight excluding hydrogens is 459 g/mol. The zero-order chi connectivity index (χ0) is 18.8. The third kappa shape index (κ3) is 4.25. The number of likely N-dealkylation sites (tertiary alicyclic amines) is 1. The van der Waals surface area contributed by atoms with Crippen LogP contribution in [0.4, 0.5) is 0 Å². The molecule has 1 aromatic heterocycles. The Balaban J connectivity index is 1.75. The van der Waals surface area contributed by atoms with Gasteiger partial charge in [-0.15, -0.1) is 11.3 Å². The zero-order valence-electron chi connectivity index (χ0n) is 14.0. The van der Waals surface area contributed by atoms with Crippen molar-refractivity contribution in [1.29, 1.82) is 0 Å². The molecule has 1 atom stereocenters. The van der Waals surface area contributed by atoms with Crippen LogP contribution < -0.4 is 0 Å². The van der Waals surface area contributed by atoms with Crippen LogP contribution >= 0.6 is 50.5 Å². The van der Waals surface area contributed by atoms with E-state index in [0.717, 1.165) is 15.1 Å². The summed E-state index contributed by atoms with van der Waals surface area (Å²) in [6.45, 7) is 1.06. The summed E-state index contributed by atoms with van der Waals surface area (Å²) in [5, 5.41) is 0.787. The van der Waals surface area contributed by atoms with Crippen LogP contribution in [0.15, 0.2) is 34.1 Å². The first kappa shape index (κ1) is 19.7. The molecule has 2 amide bonds. The van der Waals surface area contributed by atoms with Crippen molar-refractivity contribution in [1.82, 2.24) is 9.80 Å². The molecule has 26 heavy (non-hydrogen) atoms. The highest BCUT2D eigenvalue weighted by Crippen LogP contribution is 2.28. The number of carbonyl (C=O) groups excluding carboxylic acids is 2. The number of halogens is 3. The van der Waals surface area contributed by atoms with Crippen molar-refractivity contribution in [3.05, 3.63) is 54.6 Å². The van der Waals surface area contributed by atoms with E-state index >= 15 is 0 Å². The van der Waals surface area contributed by atoms with Gasteiger partial charge in [0.05, 0.1) is 20.9 Å². The van der Waals surface area contributed by atoms with Crippen molar-refractivity contribution in [3.8, 4) is 0 Å². The molecule has 1 aromatic carbocycles. The summed E-state index contributed by atoms with van der Waals surface area (Å²) in [5.41, 5.74) is 0.337. The Morgan fingerprint density at radius 3 is 2.77 bits per heavy atom. The van der Waals surface area contributed by atoms with Crippen LogP contribution in [-0.2, 0) is 11.3 Å². The molecule has 1 unspecified atom stereocenters.